The van der Waals surface area contributed by atoms with Crippen molar-refractivity contribution in [2.75, 3.05) is 0 Å². The number of nitrogens with one attached hydrogen (secondary N) is 1. The molecule has 3 nitrogen and oxygen atoms in total. The largest absolute Gasteiger partial charge is 0.272 e. The van der Waals surface area contributed by atoms with E-state index in [9.17, 15) is 4.79 Å². The molecule has 2 aromatic carbocycles. The molecule has 0 bridgehead atoms. The highest BCUT2D eigenvalue weighted by Gasteiger charge is 2.07. The zero-order valence-electron chi connectivity index (χ0n) is 11.0. The van der Waals surface area contributed by atoms with Gasteiger partial charge in [0.1, 0.15) is 0 Å². The number of hydrogen-bond donors (Lipinski definition) is 1. The van der Waals surface area contributed by atoms with Crippen LogP contribution in [0.15, 0.2) is 47.3 Å². The number of benzene rings is 2. The third-order valence-corrected chi connectivity index (χ3v) is 3.56. The second-order valence-corrected chi connectivity index (χ2v) is 5.29. The van der Waals surface area contributed by atoms with Crippen LogP contribution in [0.25, 0.3) is 10.8 Å². The van der Waals surface area contributed by atoms with Crippen molar-refractivity contribution in [1.82, 2.24) is 10.2 Å². The molecule has 0 aliphatic rings. The first-order valence-electron chi connectivity index (χ1n) is 6.36. The quantitative estimate of drug-likeness (QED) is 0.783. The molecule has 0 spiro atoms. The van der Waals surface area contributed by atoms with Crippen LogP contribution in [0.4, 0.5) is 0 Å². The van der Waals surface area contributed by atoms with E-state index in [1.54, 1.807) is 0 Å². The molecule has 3 rings (SSSR count). The van der Waals surface area contributed by atoms with Gasteiger partial charge in [0.05, 0.1) is 11.1 Å². The molecule has 0 aliphatic carbocycles. The van der Waals surface area contributed by atoms with Gasteiger partial charge in [-0.1, -0.05) is 35.4 Å². The van der Waals surface area contributed by atoms with E-state index in [1.807, 2.05) is 49.4 Å². The molecule has 0 aliphatic heterocycles. The van der Waals surface area contributed by atoms with E-state index in [0.29, 0.717) is 16.8 Å². The number of nitrogens with zero attached hydrogens (tertiary/aromatic N) is 1. The predicted octanol–water partition coefficient (Wildman–Crippen LogP) is 3.48. The first-order valence-corrected chi connectivity index (χ1v) is 6.73. The van der Waals surface area contributed by atoms with Crippen molar-refractivity contribution in [1.29, 1.82) is 0 Å². The SMILES string of the molecule is Cc1ccc2c(=O)[nH]nc(Cc3ccc(Cl)cc3)c2c1. The Morgan fingerprint density at radius 2 is 1.85 bits per heavy atom. The summed E-state index contributed by atoms with van der Waals surface area (Å²) in [4.78, 5) is 11.8. The first-order chi connectivity index (χ1) is 9.63. The smallest absolute Gasteiger partial charge is 0.267 e. The van der Waals surface area contributed by atoms with E-state index in [4.69, 9.17) is 11.6 Å². The summed E-state index contributed by atoms with van der Waals surface area (Å²) >= 11 is 5.89. The molecule has 0 atom stereocenters. The third-order valence-electron chi connectivity index (χ3n) is 3.31. The van der Waals surface area contributed by atoms with Crippen molar-refractivity contribution in [2.24, 2.45) is 0 Å². The maximum atomic E-state index is 11.8. The minimum Gasteiger partial charge on any atom is -0.267 e. The van der Waals surface area contributed by atoms with E-state index >= 15 is 0 Å². The Morgan fingerprint density at radius 3 is 2.60 bits per heavy atom. The van der Waals surface area contributed by atoms with Crippen LogP contribution in [0, 0.1) is 6.92 Å². The van der Waals surface area contributed by atoms with E-state index in [1.165, 1.54) is 0 Å². The number of aryl methyl sites for hydroxylation is 1. The summed E-state index contributed by atoms with van der Waals surface area (Å²) in [5.74, 6) is 0. The average molecular weight is 285 g/mol. The molecule has 0 amide bonds. The Hall–Kier alpha value is -2.13. The molecule has 20 heavy (non-hydrogen) atoms. The number of halogens is 1. The van der Waals surface area contributed by atoms with Gasteiger partial charge >= 0.3 is 0 Å². The molecule has 0 radical (unpaired) electrons. The summed E-state index contributed by atoms with van der Waals surface area (Å²) in [7, 11) is 0. The van der Waals surface area contributed by atoms with Crippen molar-refractivity contribution >= 4 is 22.4 Å². The Bertz CT molecular complexity index is 822. The number of aromatic nitrogens is 2. The Morgan fingerprint density at radius 1 is 1.10 bits per heavy atom. The van der Waals surface area contributed by atoms with Gasteiger partial charge in [-0.15, -0.1) is 0 Å². The lowest BCUT2D eigenvalue weighted by Crippen LogP contribution is -2.11. The molecule has 1 heterocycles. The molecule has 0 saturated heterocycles. The highest BCUT2D eigenvalue weighted by atomic mass is 35.5. The van der Waals surface area contributed by atoms with Gasteiger partial charge in [-0.25, -0.2) is 5.10 Å². The first kappa shape index (κ1) is 12.9. The van der Waals surface area contributed by atoms with Gasteiger partial charge in [0.25, 0.3) is 5.56 Å². The molecule has 0 saturated carbocycles. The van der Waals surface area contributed by atoms with Crippen molar-refractivity contribution in [3.8, 4) is 0 Å². The topological polar surface area (TPSA) is 45.8 Å². The summed E-state index contributed by atoms with van der Waals surface area (Å²) < 4.78 is 0. The van der Waals surface area contributed by atoms with Crippen molar-refractivity contribution in [3.63, 3.8) is 0 Å². The van der Waals surface area contributed by atoms with E-state index in [-0.39, 0.29) is 5.56 Å². The highest BCUT2D eigenvalue weighted by molar-refractivity contribution is 6.30. The lowest BCUT2D eigenvalue weighted by atomic mass is 10.0. The summed E-state index contributed by atoms with van der Waals surface area (Å²) in [6.07, 6.45) is 0.661. The number of hydrogen-bond acceptors (Lipinski definition) is 2. The average Bonchev–Trinajstić information content (AvgIpc) is 2.44. The van der Waals surface area contributed by atoms with Crippen LogP contribution in [0.5, 0.6) is 0 Å². The van der Waals surface area contributed by atoms with E-state index in [0.717, 1.165) is 22.2 Å². The fraction of sp³-hybridized carbons (Fsp3) is 0.125. The Labute approximate surface area is 121 Å². The van der Waals surface area contributed by atoms with E-state index < -0.39 is 0 Å². The molecule has 100 valence electrons. The van der Waals surface area contributed by atoms with Crippen molar-refractivity contribution in [2.45, 2.75) is 13.3 Å². The van der Waals surface area contributed by atoms with Crippen LogP contribution in [0.3, 0.4) is 0 Å². The molecular formula is C16H13ClN2O. The third kappa shape index (κ3) is 2.45. The second-order valence-electron chi connectivity index (χ2n) is 4.85. The van der Waals surface area contributed by atoms with Crippen molar-refractivity contribution in [3.05, 3.63) is 74.7 Å². The van der Waals surface area contributed by atoms with Crippen LogP contribution < -0.4 is 5.56 Å². The van der Waals surface area contributed by atoms with Gasteiger partial charge in [-0.05, 0) is 36.8 Å². The Balaban J connectivity index is 2.11. The summed E-state index contributed by atoms with van der Waals surface area (Å²) in [6.45, 7) is 2.01. The monoisotopic (exact) mass is 284 g/mol. The van der Waals surface area contributed by atoms with E-state index in [2.05, 4.69) is 10.2 Å². The lowest BCUT2D eigenvalue weighted by molar-refractivity contribution is 0.934. The molecule has 4 heteroatoms. The van der Waals surface area contributed by atoms with Gasteiger partial charge < -0.3 is 0 Å². The maximum Gasteiger partial charge on any atom is 0.272 e. The van der Waals surface area contributed by atoms with Crippen LogP contribution in [0.1, 0.15) is 16.8 Å². The maximum absolute atomic E-state index is 11.8. The van der Waals surface area contributed by atoms with Crippen LogP contribution in [0.2, 0.25) is 5.02 Å². The fourth-order valence-corrected chi connectivity index (χ4v) is 2.39. The lowest BCUT2D eigenvalue weighted by Gasteiger charge is -2.06. The highest BCUT2D eigenvalue weighted by Crippen LogP contribution is 2.19. The minimum absolute atomic E-state index is 0.153. The van der Waals surface area contributed by atoms with Gasteiger partial charge in [-0.3, -0.25) is 4.79 Å². The number of aromatic amines is 1. The van der Waals surface area contributed by atoms with Crippen molar-refractivity contribution < 1.29 is 0 Å². The van der Waals surface area contributed by atoms with Gasteiger partial charge in [0.15, 0.2) is 0 Å². The summed E-state index contributed by atoms with van der Waals surface area (Å²) in [5.41, 5.74) is 2.93. The van der Waals surface area contributed by atoms with Gasteiger partial charge in [0.2, 0.25) is 0 Å². The minimum atomic E-state index is -0.153. The summed E-state index contributed by atoms with van der Waals surface area (Å²) in [5, 5.41) is 9.05. The Kier molecular flexibility index (Phi) is 3.28. The standard InChI is InChI=1S/C16H13ClN2O/c1-10-2-7-13-14(8-10)15(18-19-16(13)20)9-11-3-5-12(17)6-4-11/h2-8H,9H2,1H3,(H,19,20). The number of rotatable bonds is 2. The molecule has 3 aromatic rings. The molecule has 0 unspecified atom stereocenters. The molecule has 1 N–H and O–H groups in total. The molecular weight excluding hydrogens is 272 g/mol. The van der Waals surface area contributed by atoms with Crippen LogP contribution in [-0.2, 0) is 6.42 Å². The van der Waals surface area contributed by atoms with Gasteiger partial charge in [-0.2, -0.15) is 5.10 Å². The fourth-order valence-electron chi connectivity index (χ4n) is 2.26. The number of fused-ring (bicyclic) bond motifs is 1. The molecule has 1 aromatic heterocycles. The predicted molar refractivity (Wildman–Crippen MR) is 81.4 cm³/mol. The number of H-pyrrole nitrogens is 1. The van der Waals surface area contributed by atoms with Crippen LogP contribution in [-0.4, -0.2) is 10.2 Å². The zero-order chi connectivity index (χ0) is 14.1. The normalized spacial score (nSPS) is 10.9. The van der Waals surface area contributed by atoms with Crippen LogP contribution >= 0.6 is 11.6 Å². The summed E-state index contributed by atoms with van der Waals surface area (Å²) in [6, 6.07) is 13.4. The second kappa shape index (κ2) is 5.10. The zero-order valence-corrected chi connectivity index (χ0v) is 11.7. The van der Waals surface area contributed by atoms with Gasteiger partial charge in [0, 0.05) is 16.8 Å². The molecule has 0 fully saturated rings.